The van der Waals surface area contributed by atoms with Crippen molar-refractivity contribution in [2.45, 2.75) is 0 Å². The summed E-state index contributed by atoms with van der Waals surface area (Å²) < 4.78 is 0. The van der Waals surface area contributed by atoms with Crippen molar-refractivity contribution in [3.05, 3.63) is 72.9 Å². The molecule has 1 aromatic carbocycles. The van der Waals surface area contributed by atoms with E-state index >= 15 is 0 Å². The van der Waals surface area contributed by atoms with E-state index in [0.29, 0.717) is 0 Å². The standard InChI is InChI=1S/C14H12N2O4/c17-13-4-6-15(19-9-13)11-2-1-3-12(8-11)16-7-5-14(18)10-20-16/h1-10,17-18H. The van der Waals surface area contributed by atoms with Crippen LogP contribution >= 0.6 is 0 Å². The lowest BCUT2D eigenvalue weighted by molar-refractivity contribution is 0.220. The van der Waals surface area contributed by atoms with Gasteiger partial charge < -0.3 is 19.9 Å². The second-order valence-electron chi connectivity index (χ2n) is 4.10. The van der Waals surface area contributed by atoms with E-state index in [1.165, 1.54) is 34.8 Å². The van der Waals surface area contributed by atoms with Crippen molar-refractivity contribution in [1.29, 1.82) is 0 Å². The molecule has 6 nitrogen and oxygen atoms in total. The quantitative estimate of drug-likeness (QED) is 0.862. The van der Waals surface area contributed by atoms with Gasteiger partial charge in [-0.2, -0.15) is 10.1 Å². The Labute approximate surface area is 115 Å². The third-order valence-electron chi connectivity index (χ3n) is 2.67. The van der Waals surface area contributed by atoms with E-state index in [4.69, 9.17) is 9.68 Å². The number of aliphatic hydroxyl groups excluding tert-OH is 2. The smallest absolute Gasteiger partial charge is 0.161 e. The zero-order chi connectivity index (χ0) is 13.9. The van der Waals surface area contributed by atoms with Crippen molar-refractivity contribution in [1.82, 2.24) is 0 Å². The summed E-state index contributed by atoms with van der Waals surface area (Å²) in [6.07, 6.45) is 8.73. The van der Waals surface area contributed by atoms with Gasteiger partial charge in [0.05, 0.1) is 11.4 Å². The average molecular weight is 272 g/mol. The molecule has 0 aromatic heterocycles. The first-order chi connectivity index (χ1) is 9.72. The highest BCUT2D eigenvalue weighted by Gasteiger charge is 2.12. The van der Waals surface area contributed by atoms with Crippen LogP contribution in [0.5, 0.6) is 0 Å². The number of rotatable bonds is 2. The Morgan fingerprint density at radius 2 is 1.30 bits per heavy atom. The number of hydrogen-bond donors (Lipinski definition) is 2. The molecule has 102 valence electrons. The molecule has 6 heteroatoms. The average Bonchev–Trinajstić information content (AvgIpc) is 2.49. The summed E-state index contributed by atoms with van der Waals surface area (Å²) >= 11 is 0. The minimum Gasteiger partial charge on any atom is -0.505 e. The Morgan fingerprint density at radius 3 is 1.70 bits per heavy atom. The number of anilines is 2. The van der Waals surface area contributed by atoms with Gasteiger partial charge in [-0.1, -0.05) is 6.07 Å². The summed E-state index contributed by atoms with van der Waals surface area (Å²) in [6.45, 7) is 0. The highest BCUT2D eigenvalue weighted by atomic mass is 16.7. The van der Waals surface area contributed by atoms with Gasteiger partial charge in [-0.3, -0.25) is 0 Å². The molecule has 2 N–H and O–H groups in total. The predicted octanol–water partition coefficient (Wildman–Crippen LogP) is 3.02. The zero-order valence-corrected chi connectivity index (χ0v) is 10.4. The van der Waals surface area contributed by atoms with Crippen LogP contribution in [0.2, 0.25) is 0 Å². The fourth-order valence-corrected chi connectivity index (χ4v) is 1.72. The maximum atomic E-state index is 9.21. The summed E-state index contributed by atoms with van der Waals surface area (Å²) in [5.41, 5.74) is 1.52. The summed E-state index contributed by atoms with van der Waals surface area (Å²) in [5.74, 6) is 0.112. The summed E-state index contributed by atoms with van der Waals surface area (Å²) in [5, 5.41) is 21.4. The van der Waals surface area contributed by atoms with E-state index in [0.717, 1.165) is 11.4 Å². The van der Waals surface area contributed by atoms with Crippen molar-refractivity contribution < 1.29 is 19.9 Å². The number of benzene rings is 1. The second-order valence-corrected chi connectivity index (χ2v) is 4.10. The van der Waals surface area contributed by atoms with Gasteiger partial charge in [-0.05, 0) is 18.2 Å². The lowest BCUT2D eigenvalue weighted by Gasteiger charge is -2.24. The largest absolute Gasteiger partial charge is 0.505 e. The van der Waals surface area contributed by atoms with Gasteiger partial charge in [-0.25, -0.2) is 0 Å². The van der Waals surface area contributed by atoms with Crippen LogP contribution in [0.25, 0.3) is 0 Å². The van der Waals surface area contributed by atoms with Gasteiger partial charge >= 0.3 is 0 Å². The van der Waals surface area contributed by atoms with Gasteiger partial charge in [0.1, 0.15) is 0 Å². The molecule has 0 radical (unpaired) electrons. The van der Waals surface area contributed by atoms with Crippen LogP contribution in [0, 0.1) is 0 Å². The van der Waals surface area contributed by atoms with E-state index in [9.17, 15) is 10.2 Å². The molecule has 20 heavy (non-hydrogen) atoms. The van der Waals surface area contributed by atoms with Gasteiger partial charge in [0.2, 0.25) is 0 Å². The van der Waals surface area contributed by atoms with E-state index in [2.05, 4.69) is 0 Å². The highest BCUT2D eigenvalue weighted by Crippen LogP contribution is 2.26. The SMILES string of the molecule is OC1=CON(c2cccc(N3C=CC(O)=CO3)c2)C=C1. The van der Waals surface area contributed by atoms with Crippen LogP contribution in [0.15, 0.2) is 72.9 Å². The molecule has 0 saturated carbocycles. The van der Waals surface area contributed by atoms with Gasteiger partial charge in [0.25, 0.3) is 0 Å². The molecular weight excluding hydrogens is 260 g/mol. The van der Waals surface area contributed by atoms with Gasteiger partial charge in [0.15, 0.2) is 24.0 Å². The molecule has 2 aliphatic rings. The predicted molar refractivity (Wildman–Crippen MR) is 73.3 cm³/mol. The molecule has 2 heterocycles. The summed E-state index contributed by atoms with van der Waals surface area (Å²) in [7, 11) is 0. The Bertz CT molecular complexity index is 583. The van der Waals surface area contributed by atoms with Gasteiger partial charge in [0, 0.05) is 24.6 Å². The van der Waals surface area contributed by atoms with Crippen LogP contribution in [-0.2, 0) is 9.68 Å². The van der Waals surface area contributed by atoms with Crippen molar-refractivity contribution in [2.75, 3.05) is 10.1 Å². The molecule has 2 aliphatic heterocycles. The third kappa shape index (κ3) is 2.39. The molecule has 0 saturated heterocycles. The first kappa shape index (κ1) is 12.0. The molecule has 0 amide bonds. The maximum absolute atomic E-state index is 9.21. The first-order valence-electron chi connectivity index (χ1n) is 5.89. The number of hydroxylamine groups is 2. The molecule has 0 fully saturated rings. The Kier molecular flexibility index (Phi) is 2.96. The number of allylic oxidation sites excluding steroid dienone is 2. The molecule has 0 bridgehead atoms. The fraction of sp³-hybridized carbons (Fsp3) is 0. The Balaban J connectivity index is 1.80. The van der Waals surface area contributed by atoms with E-state index in [1.807, 2.05) is 24.3 Å². The minimum atomic E-state index is 0.0558. The maximum Gasteiger partial charge on any atom is 0.161 e. The van der Waals surface area contributed by atoms with Crippen molar-refractivity contribution in [3.8, 4) is 0 Å². The zero-order valence-electron chi connectivity index (χ0n) is 10.4. The third-order valence-corrected chi connectivity index (χ3v) is 2.67. The number of aliphatic hydroxyl groups is 2. The van der Waals surface area contributed by atoms with Crippen molar-refractivity contribution in [3.63, 3.8) is 0 Å². The molecule has 0 unspecified atom stereocenters. The van der Waals surface area contributed by atoms with Gasteiger partial charge in [-0.15, -0.1) is 0 Å². The van der Waals surface area contributed by atoms with Crippen LogP contribution in [-0.4, -0.2) is 10.2 Å². The van der Waals surface area contributed by atoms with E-state index in [1.54, 1.807) is 12.4 Å². The number of hydrogen-bond acceptors (Lipinski definition) is 6. The summed E-state index contributed by atoms with van der Waals surface area (Å²) in [4.78, 5) is 10.5. The van der Waals surface area contributed by atoms with E-state index < -0.39 is 0 Å². The lowest BCUT2D eigenvalue weighted by atomic mass is 10.2. The molecule has 1 aromatic rings. The topological polar surface area (TPSA) is 65.4 Å². The molecule has 0 atom stereocenters. The van der Waals surface area contributed by atoms with Crippen molar-refractivity contribution >= 4 is 11.4 Å². The molecular formula is C14H12N2O4. The van der Waals surface area contributed by atoms with Crippen LogP contribution in [0.3, 0.4) is 0 Å². The Morgan fingerprint density at radius 1 is 0.800 bits per heavy atom. The molecule has 3 rings (SSSR count). The number of nitrogens with zero attached hydrogens (tertiary/aromatic N) is 2. The van der Waals surface area contributed by atoms with Crippen LogP contribution < -0.4 is 10.1 Å². The highest BCUT2D eigenvalue weighted by molar-refractivity contribution is 5.60. The summed E-state index contributed by atoms with van der Waals surface area (Å²) in [6, 6.07) is 7.38. The molecule has 0 spiro atoms. The first-order valence-corrected chi connectivity index (χ1v) is 5.89. The monoisotopic (exact) mass is 272 g/mol. The minimum absolute atomic E-state index is 0.0558. The van der Waals surface area contributed by atoms with Crippen LogP contribution in [0.4, 0.5) is 11.4 Å². The fourth-order valence-electron chi connectivity index (χ4n) is 1.72. The lowest BCUT2D eigenvalue weighted by Crippen LogP contribution is -2.19. The Hall–Kier alpha value is -3.02. The normalized spacial score (nSPS) is 17.2. The second kappa shape index (κ2) is 4.93. The van der Waals surface area contributed by atoms with E-state index in [-0.39, 0.29) is 11.5 Å². The van der Waals surface area contributed by atoms with Crippen molar-refractivity contribution in [2.24, 2.45) is 0 Å². The van der Waals surface area contributed by atoms with Crippen LogP contribution in [0.1, 0.15) is 0 Å². The molecule has 0 aliphatic carbocycles.